The van der Waals surface area contributed by atoms with Gasteiger partial charge >= 0.3 is 0 Å². The monoisotopic (exact) mass is 737 g/mol. The minimum absolute atomic E-state index is 0.829. The highest BCUT2D eigenvalue weighted by molar-refractivity contribution is 7.25. The van der Waals surface area contributed by atoms with Crippen molar-refractivity contribution in [3.05, 3.63) is 200 Å². The number of aryl methyl sites for hydroxylation is 1. The summed E-state index contributed by atoms with van der Waals surface area (Å²) in [4.78, 5) is 4.69. The summed E-state index contributed by atoms with van der Waals surface area (Å²) < 4.78 is 11.7. The van der Waals surface area contributed by atoms with Gasteiger partial charge in [0.25, 0.3) is 0 Å². The zero-order valence-corrected chi connectivity index (χ0v) is 31.4. The number of nitrogens with zero attached hydrogens (tertiary/aromatic N) is 3. The lowest BCUT2D eigenvalue weighted by molar-refractivity contribution is 0.645. The molecule has 0 aliphatic carbocycles. The molecule has 0 aliphatic heterocycles. The van der Waals surface area contributed by atoms with Crippen LogP contribution >= 0.6 is 11.3 Å². The number of aromatic nitrogens is 1. The largest absolute Gasteiger partial charge is 0.439 e. The molecule has 56 heavy (non-hydrogen) atoms. The molecule has 0 N–H and O–H groups in total. The molecule has 0 fully saturated rings. The van der Waals surface area contributed by atoms with Gasteiger partial charge in [0, 0.05) is 70.8 Å². The highest BCUT2D eigenvalue weighted by Crippen LogP contribution is 2.46. The van der Waals surface area contributed by atoms with Crippen LogP contribution in [0.3, 0.4) is 0 Å². The van der Waals surface area contributed by atoms with Crippen molar-refractivity contribution in [3.63, 3.8) is 0 Å². The van der Waals surface area contributed by atoms with E-state index in [9.17, 15) is 0 Å². The molecule has 0 spiro atoms. The molecular weight excluding hydrogens is 703 g/mol. The Morgan fingerprint density at radius 1 is 0.429 bits per heavy atom. The lowest BCUT2D eigenvalue weighted by Gasteiger charge is -2.26. The van der Waals surface area contributed by atoms with Crippen molar-refractivity contribution in [2.24, 2.45) is 0 Å². The summed E-state index contributed by atoms with van der Waals surface area (Å²) >= 11 is 1.86. The van der Waals surface area contributed by atoms with Gasteiger partial charge in [-0.05, 0) is 116 Å². The number of furan rings is 1. The molecule has 0 aliphatic rings. The quantitative estimate of drug-likeness (QED) is 0.163. The van der Waals surface area contributed by atoms with Crippen LogP contribution in [0.4, 0.5) is 34.1 Å². The minimum atomic E-state index is 0.829. The van der Waals surface area contributed by atoms with Crippen LogP contribution in [-0.4, -0.2) is 4.57 Å². The first-order chi connectivity index (χ1) is 27.7. The molecule has 3 heterocycles. The summed E-state index contributed by atoms with van der Waals surface area (Å²) in [6, 6.07) is 69.2. The van der Waals surface area contributed by atoms with E-state index < -0.39 is 0 Å². The van der Waals surface area contributed by atoms with Gasteiger partial charge in [0.1, 0.15) is 5.58 Å². The Balaban J connectivity index is 1.15. The highest BCUT2D eigenvalue weighted by Gasteiger charge is 2.24. The number of anilines is 6. The third-order valence-electron chi connectivity index (χ3n) is 10.8. The third kappa shape index (κ3) is 5.20. The number of rotatable bonds is 7. The fourth-order valence-electron chi connectivity index (χ4n) is 8.43. The fourth-order valence-corrected chi connectivity index (χ4v) is 9.64. The van der Waals surface area contributed by atoms with E-state index in [0.29, 0.717) is 0 Å². The molecule has 0 radical (unpaired) electrons. The van der Waals surface area contributed by atoms with E-state index in [4.69, 9.17) is 4.42 Å². The van der Waals surface area contributed by atoms with Gasteiger partial charge in [-0.1, -0.05) is 91.0 Å². The molecule has 8 aromatic carbocycles. The molecule has 0 saturated carbocycles. The third-order valence-corrected chi connectivity index (χ3v) is 12.0. The van der Waals surface area contributed by atoms with Crippen LogP contribution in [0.15, 0.2) is 199 Å². The van der Waals surface area contributed by atoms with Gasteiger partial charge in [-0.2, -0.15) is 0 Å². The summed E-state index contributed by atoms with van der Waals surface area (Å²) in [5, 5.41) is 5.97. The van der Waals surface area contributed by atoms with Gasteiger partial charge in [-0.3, -0.25) is 4.57 Å². The molecule has 5 heteroatoms. The van der Waals surface area contributed by atoms with E-state index in [1.807, 2.05) is 11.3 Å². The predicted molar refractivity (Wildman–Crippen MR) is 238 cm³/mol. The van der Waals surface area contributed by atoms with Gasteiger partial charge in [0.05, 0.1) is 10.9 Å². The van der Waals surface area contributed by atoms with Crippen molar-refractivity contribution in [2.45, 2.75) is 6.92 Å². The van der Waals surface area contributed by atoms with Gasteiger partial charge in [-0.15, -0.1) is 11.3 Å². The van der Waals surface area contributed by atoms with E-state index in [0.717, 1.165) is 72.8 Å². The Morgan fingerprint density at radius 2 is 1.00 bits per heavy atom. The van der Waals surface area contributed by atoms with Gasteiger partial charge in [-0.25, -0.2) is 0 Å². The lowest BCUT2D eigenvalue weighted by atomic mass is 10.0. The van der Waals surface area contributed by atoms with Crippen molar-refractivity contribution in [1.82, 2.24) is 4.57 Å². The Labute approximate surface area is 328 Å². The smallest absolute Gasteiger partial charge is 0.213 e. The summed E-state index contributed by atoms with van der Waals surface area (Å²) in [5.74, 6) is 0. The standard InChI is InChI=1S/C51H35N3OS/c1-34-30-41(33-48-49(34)43-24-14-15-25-47(43)56-48)53(37-20-10-4-11-21-37)40-26-28-42-45(32-40)54(38-22-12-5-13-23-38)51-50(42)44-31-39(27-29-46(44)55-51)52(35-16-6-2-7-17-35)36-18-8-3-9-19-36/h2-33H,1H3. The minimum Gasteiger partial charge on any atom is -0.439 e. The molecule has 0 unspecified atom stereocenters. The number of hydrogen-bond acceptors (Lipinski definition) is 4. The van der Waals surface area contributed by atoms with Crippen LogP contribution in [0.2, 0.25) is 0 Å². The van der Waals surface area contributed by atoms with Crippen LogP contribution < -0.4 is 9.80 Å². The van der Waals surface area contributed by atoms with E-state index in [1.165, 1.54) is 25.7 Å². The van der Waals surface area contributed by atoms with E-state index in [-0.39, 0.29) is 0 Å². The van der Waals surface area contributed by atoms with Crippen LogP contribution in [0, 0.1) is 6.92 Å². The molecule has 266 valence electrons. The highest BCUT2D eigenvalue weighted by atomic mass is 32.1. The van der Waals surface area contributed by atoms with Crippen LogP contribution in [0.5, 0.6) is 0 Å². The molecule has 0 saturated heterocycles. The number of benzene rings is 8. The predicted octanol–water partition coefficient (Wildman–Crippen LogP) is 15.1. The summed E-state index contributed by atoms with van der Waals surface area (Å²) in [6.07, 6.45) is 0. The number of para-hydroxylation sites is 4. The summed E-state index contributed by atoms with van der Waals surface area (Å²) in [7, 11) is 0. The fraction of sp³-hybridized carbons (Fsp3) is 0.0196. The van der Waals surface area contributed by atoms with Crippen molar-refractivity contribution in [1.29, 1.82) is 0 Å². The van der Waals surface area contributed by atoms with E-state index >= 15 is 0 Å². The van der Waals surface area contributed by atoms with Crippen LogP contribution in [0.25, 0.3) is 58.8 Å². The van der Waals surface area contributed by atoms with Crippen molar-refractivity contribution in [2.75, 3.05) is 9.80 Å². The molecular formula is C51H35N3OS. The Bertz CT molecular complexity index is 3160. The summed E-state index contributed by atoms with van der Waals surface area (Å²) in [5.41, 5.74) is 11.6. The average molecular weight is 738 g/mol. The maximum absolute atomic E-state index is 6.86. The van der Waals surface area contributed by atoms with E-state index in [1.54, 1.807) is 0 Å². The Morgan fingerprint density at radius 3 is 1.68 bits per heavy atom. The zero-order valence-electron chi connectivity index (χ0n) is 30.6. The topological polar surface area (TPSA) is 24.6 Å². The second-order valence-electron chi connectivity index (χ2n) is 14.2. The molecule has 3 aromatic heterocycles. The maximum atomic E-state index is 6.86. The SMILES string of the molecule is Cc1cc(N(c2ccccc2)c2ccc3c4c5cc(N(c6ccccc6)c6ccccc6)ccc5oc4n(-c4ccccc4)c3c2)cc2sc3ccccc3c12. The number of fused-ring (bicyclic) bond motifs is 8. The molecule has 11 rings (SSSR count). The molecule has 0 amide bonds. The average Bonchev–Trinajstić information content (AvgIpc) is 3.91. The Kier molecular flexibility index (Phi) is 7.54. The normalized spacial score (nSPS) is 11.7. The molecule has 0 bridgehead atoms. The van der Waals surface area contributed by atoms with E-state index in [2.05, 4.69) is 215 Å². The van der Waals surface area contributed by atoms with Crippen LogP contribution in [0.1, 0.15) is 5.56 Å². The lowest BCUT2D eigenvalue weighted by Crippen LogP contribution is -2.10. The second-order valence-corrected chi connectivity index (χ2v) is 15.3. The van der Waals surface area contributed by atoms with Crippen LogP contribution in [-0.2, 0) is 0 Å². The first-order valence-corrected chi connectivity index (χ1v) is 19.7. The first kappa shape index (κ1) is 32.4. The Hall–Kier alpha value is -7.08. The number of hydrogen-bond donors (Lipinski definition) is 0. The maximum Gasteiger partial charge on any atom is 0.213 e. The van der Waals surface area contributed by atoms with Crippen molar-refractivity contribution in [3.8, 4) is 5.69 Å². The number of thiophene rings is 1. The molecule has 4 nitrogen and oxygen atoms in total. The van der Waals surface area contributed by atoms with Crippen molar-refractivity contribution >= 4 is 98.6 Å². The second kappa shape index (κ2) is 13.0. The van der Waals surface area contributed by atoms with Gasteiger partial charge < -0.3 is 14.2 Å². The molecule has 0 atom stereocenters. The van der Waals surface area contributed by atoms with Crippen molar-refractivity contribution < 1.29 is 4.42 Å². The van der Waals surface area contributed by atoms with Gasteiger partial charge in [0.15, 0.2) is 0 Å². The summed E-state index contributed by atoms with van der Waals surface area (Å²) in [6.45, 7) is 2.24. The molecule has 11 aromatic rings. The zero-order chi connectivity index (χ0) is 37.2. The first-order valence-electron chi connectivity index (χ1n) is 18.9. The van der Waals surface area contributed by atoms with Gasteiger partial charge in [0.2, 0.25) is 5.71 Å².